The van der Waals surface area contributed by atoms with Gasteiger partial charge in [0.25, 0.3) is 11.8 Å². The predicted molar refractivity (Wildman–Crippen MR) is 114 cm³/mol. The van der Waals surface area contributed by atoms with Crippen LogP contribution in [0.25, 0.3) is 33.0 Å². The third-order valence-electron chi connectivity index (χ3n) is 5.24. The Balaban J connectivity index is 1.84. The minimum atomic E-state index is -0.364. The molecule has 0 saturated carbocycles. The molecular weight excluding hydrogens is 418 g/mol. The fraction of sp³-hybridized carbons (Fsp3) is 0.0909. The maximum atomic E-state index is 12.8. The molecule has 3 heterocycles. The summed E-state index contributed by atoms with van der Waals surface area (Å²) < 4.78 is 3.04. The molecule has 1 aliphatic heterocycles. The zero-order chi connectivity index (χ0) is 19.4. The summed E-state index contributed by atoms with van der Waals surface area (Å²) in [6, 6.07) is 13.8. The summed E-state index contributed by atoms with van der Waals surface area (Å²) in [6.07, 6.45) is 3.76. The summed E-state index contributed by atoms with van der Waals surface area (Å²) in [6.45, 7) is 2.84. The van der Waals surface area contributed by atoms with Gasteiger partial charge in [-0.15, -0.1) is 0 Å². The van der Waals surface area contributed by atoms with Crippen LogP contribution in [0.1, 0.15) is 18.1 Å². The molecule has 6 heteroatoms. The number of imide groups is 1. The molecule has 138 valence electrons. The van der Waals surface area contributed by atoms with Crippen LogP contribution in [0.2, 0.25) is 0 Å². The summed E-state index contributed by atoms with van der Waals surface area (Å²) in [5.41, 5.74) is 4.30. The van der Waals surface area contributed by atoms with E-state index in [9.17, 15) is 9.59 Å². The van der Waals surface area contributed by atoms with Crippen LogP contribution in [-0.4, -0.2) is 21.4 Å². The minimum absolute atomic E-state index is 0.356. The Morgan fingerprint density at radius 2 is 1.71 bits per heavy atom. The van der Waals surface area contributed by atoms with E-state index < -0.39 is 0 Å². The Hall–Kier alpha value is -3.12. The van der Waals surface area contributed by atoms with E-state index in [4.69, 9.17) is 0 Å². The molecule has 0 atom stereocenters. The van der Waals surface area contributed by atoms with E-state index in [0.717, 1.165) is 44.0 Å². The average Bonchev–Trinajstić information content (AvgIpc) is 3.34. The monoisotopic (exact) mass is 433 g/mol. The number of nitrogens with zero attached hydrogens (tertiary/aromatic N) is 1. The first-order valence-corrected chi connectivity index (χ1v) is 9.83. The molecule has 2 aromatic carbocycles. The molecule has 5 nitrogen and oxygen atoms in total. The molecule has 2 amide bonds. The van der Waals surface area contributed by atoms with Crippen molar-refractivity contribution in [2.75, 3.05) is 0 Å². The number of para-hydroxylation sites is 1. The second-order valence-electron chi connectivity index (χ2n) is 6.77. The van der Waals surface area contributed by atoms with Gasteiger partial charge in [-0.25, -0.2) is 0 Å². The highest BCUT2D eigenvalue weighted by molar-refractivity contribution is 9.10. The number of carbonyl (C=O) groups excluding carboxylic acids is 2. The third kappa shape index (κ3) is 2.38. The maximum Gasteiger partial charge on any atom is 0.259 e. The quantitative estimate of drug-likeness (QED) is 0.468. The number of aryl methyl sites for hydroxylation is 1. The normalized spacial score (nSPS) is 14.5. The number of fused-ring (bicyclic) bond motifs is 2. The van der Waals surface area contributed by atoms with E-state index in [1.165, 1.54) is 0 Å². The lowest BCUT2D eigenvalue weighted by Crippen LogP contribution is -2.22. The highest BCUT2D eigenvalue weighted by Gasteiger charge is 2.34. The lowest BCUT2D eigenvalue weighted by atomic mass is 9.95. The molecule has 0 saturated heterocycles. The molecule has 0 unspecified atom stereocenters. The Labute approximate surface area is 169 Å². The van der Waals surface area contributed by atoms with Crippen LogP contribution >= 0.6 is 15.9 Å². The number of aromatic nitrogens is 2. The van der Waals surface area contributed by atoms with Crippen molar-refractivity contribution in [3.8, 4) is 0 Å². The highest BCUT2D eigenvalue weighted by atomic mass is 79.9. The Morgan fingerprint density at radius 3 is 2.50 bits per heavy atom. The largest absolute Gasteiger partial charge is 0.361 e. The van der Waals surface area contributed by atoms with Crippen molar-refractivity contribution in [3.63, 3.8) is 0 Å². The number of carbonyl (C=O) groups is 2. The number of amides is 2. The number of rotatable bonds is 3. The predicted octanol–water partition coefficient (Wildman–Crippen LogP) is 4.47. The van der Waals surface area contributed by atoms with Crippen LogP contribution < -0.4 is 5.32 Å². The van der Waals surface area contributed by atoms with Gasteiger partial charge in [-0.1, -0.05) is 40.2 Å². The number of halogens is 1. The Bertz CT molecular complexity index is 1330. The zero-order valence-electron chi connectivity index (χ0n) is 15.0. The molecule has 1 aliphatic rings. The van der Waals surface area contributed by atoms with Gasteiger partial charge in [-0.05, 0) is 25.1 Å². The van der Waals surface area contributed by atoms with E-state index in [-0.39, 0.29) is 11.8 Å². The van der Waals surface area contributed by atoms with E-state index in [0.29, 0.717) is 11.1 Å². The van der Waals surface area contributed by atoms with Crippen molar-refractivity contribution in [1.82, 2.24) is 14.9 Å². The molecule has 2 aromatic heterocycles. The van der Waals surface area contributed by atoms with E-state index in [2.05, 4.69) is 37.7 Å². The lowest BCUT2D eigenvalue weighted by molar-refractivity contribution is -0.122. The third-order valence-corrected chi connectivity index (χ3v) is 5.74. The molecule has 5 rings (SSSR count). The van der Waals surface area contributed by atoms with E-state index in [1.807, 2.05) is 48.7 Å². The van der Waals surface area contributed by atoms with Gasteiger partial charge in [0.05, 0.1) is 11.1 Å². The topological polar surface area (TPSA) is 66.9 Å². The van der Waals surface area contributed by atoms with Crippen molar-refractivity contribution < 1.29 is 9.59 Å². The van der Waals surface area contributed by atoms with Crippen LogP contribution in [0.15, 0.2) is 59.3 Å². The molecule has 0 radical (unpaired) electrons. The summed E-state index contributed by atoms with van der Waals surface area (Å²) >= 11 is 3.46. The van der Waals surface area contributed by atoms with Gasteiger partial charge in [0.1, 0.15) is 0 Å². The molecule has 0 aliphatic carbocycles. The number of hydrogen-bond donors (Lipinski definition) is 2. The minimum Gasteiger partial charge on any atom is -0.361 e. The van der Waals surface area contributed by atoms with Crippen LogP contribution in [0.3, 0.4) is 0 Å². The van der Waals surface area contributed by atoms with E-state index >= 15 is 0 Å². The van der Waals surface area contributed by atoms with Gasteiger partial charge >= 0.3 is 0 Å². The molecule has 28 heavy (non-hydrogen) atoms. The highest BCUT2D eigenvalue weighted by Crippen LogP contribution is 2.38. The first kappa shape index (κ1) is 17.0. The number of benzene rings is 2. The van der Waals surface area contributed by atoms with Gasteiger partial charge in [0.2, 0.25) is 0 Å². The molecule has 2 N–H and O–H groups in total. The summed E-state index contributed by atoms with van der Waals surface area (Å²) in [7, 11) is 0. The number of aromatic amines is 1. The first-order valence-electron chi connectivity index (χ1n) is 9.03. The lowest BCUT2D eigenvalue weighted by Gasteiger charge is -2.03. The fourth-order valence-corrected chi connectivity index (χ4v) is 4.34. The van der Waals surface area contributed by atoms with Gasteiger partial charge in [0.15, 0.2) is 0 Å². The van der Waals surface area contributed by atoms with Gasteiger partial charge in [-0.2, -0.15) is 0 Å². The van der Waals surface area contributed by atoms with Gasteiger partial charge in [-0.3, -0.25) is 14.9 Å². The summed E-state index contributed by atoms with van der Waals surface area (Å²) in [5, 5.41) is 4.35. The smallest absolute Gasteiger partial charge is 0.259 e. The standard InChI is InChI=1S/C22H16BrN3O2/c1-2-26-11-16(14-5-3-4-6-18(14)26)20-19(21(27)25-22(20)28)15-10-24-17-9-12(23)7-8-13(15)17/h3-11,24H,2H2,1H3,(H,25,27,28). The van der Waals surface area contributed by atoms with Crippen LogP contribution in [0.4, 0.5) is 0 Å². The molecule has 4 aromatic rings. The number of hydrogen-bond acceptors (Lipinski definition) is 2. The molecular formula is C22H16BrN3O2. The Morgan fingerprint density at radius 1 is 0.964 bits per heavy atom. The van der Waals surface area contributed by atoms with Crippen molar-refractivity contribution in [2.45, 2.75) is 13.5 Å². The summed E-state index contributed by atoms with van der Waals surface area (Å²) in [5.74, 6) is -0.720. The maximum absolute atomic E-state index is 12.8. The number of H-pyrrole nitrogens is 1. The van der Waals surface area contributed by atoms with Crippen LogP contribution in [0.5, 0.6) is 0 Å². The zero-order valence-corrected chi connectivity index (χ0v) is 16.6. The SMILES string of the molecule is CCn1cc(C2=C(c3c[nH]c4cc(Br)ccc34)C(=O)NC2=O)c2ccccc21. The van der Waals surface area contributed by atoms with Crippen LogP contribution in [-0.2, 0) is 16.1 Å². The molecule has 0 spiro atoms. The van der Waals surface area contributed by atoms with Gasteiger partial charge < -0.3 is 9.55 Å². The molecule has 0 fully saturated rings. The fourth-order valence-electron chi connectivity index (χ4n) is 3.98. The summed E-state index contributed by atoms with van der Waals surface area (Å²) in [4.78, 5) is 28.8. The second-order valence-corrected chi connectivity index (χ2v) is 7.69. The van der Waals surface area contributed by atoms with Crippen molar-refractivity contribution in [2.24, 2.45) is 0 Å². The Kier molecular flexibility index (Phi) is 3.77. The van der Waals surface area contributed by atoms with Gasteiger partial charge in [0, 0.05) is 56.3 Å². The van der Waals surface area contributed by atoms with Crippen molar-refractivity contribution >= 4 is 60.7 Å². The second kappa shape index (κ2) is 6.21. The number of nitrogens with one attached hydrogen (secondary N) is 2. The van der Waals surface area contributed by atoms with Crippen molar-refractivity contribution in [3.05, 3.63) is 70.5 Å². The van der Waals surface area contributed by atoms with E-state index in [1.54, 1.807) is 6.20 Å². The molecule has 0 bridgehead atoms. The average molecular weight is 434 g/mol. The first-order chi connectivity index (χ1) is 13.6. The van der Waals surface area contributed by atoms with Crippen molar-refractivity contribution in [1.29, 1.82) is 0 Å². The van der Waals surface area contributed by atoms with Crippen LogP contribution in [0, 0.1) is 0 Å².